The lowest BCUT2D eigenvalue weighted by Crippen LogP contribution is -2.48. The minimum atomic E-state index is -0.265. The number of hydrogen-bond donors (Lipinski definition) is 3. The third-order valence-corrected chi connectivity index (χ3v) is 7.10. The maximum atomic E-state index is 12.8. The summed E-state index contributed by atoms with van der Waals surface area (Å²) in [6, 6.07) is 10.7. The van der Waals surface area contributed by atoms with Crippen molar-refractivity contribution >= 4 is 29.0 Å². The highest BCUT2D eigenvalue weighted by atomic mass is 16.2. The molecule has 2 aliphatic rings. The molecule has 0 radical (unpaired) electrons. The molecule has 4 N–H and O–H groups in total. The molecule has 10 heteroatoms. The number of hydrogen-bond acceptors (Lipinski definition) is 7. The predicted octanol–water partition coefficient (Wildman–Crippen LogP) is 2.73. The Hall–Kier alpha value is -4.57. The van der Waals surface area contributed by atoms with Crippen LogP contribution < -0.4 is 16.4 Å². The Kier molecular flexibility index (Phi) is 5.45. The van der Waals surface area contributed by atoms with Gasteiger partial charge in [0.15, 0.2) is 0 Å². The van der Waals surface area contributed by atoms with Crippen LogP contribution in [0.1, 0.15) is 34.2 Å². The van der Waals surface area contributed by atoms with Crippen LogP contribution in [0.4, 0.5) is 11.6 Å². The molecule has 2 saturated heterocycles. The van der Waals surface area contributed by atoms with Crippen molar-refractivity contribution in [1.82, 2.24) is 29.6 Å². The van der Waals surface area contributed by atoms with Crippen molar-refractivity contribution in [2.45, 2.75) is 31.5 Å². The van der Waals surface area contributed by atoms with Crippen LogP contribution in [0.15, 0.2) is 67.6 Å². The van der Waals surface area contributed by atoms with Gasteiger partial charge in [0.1, 0.15) is 34.7 Å². The third kappa shape index (κ3) is 3.82. The second-order valence-corrected chi connectivity index (χ2v) is 9.40. The van der Waals surface area contributed by atoms with Gasteiger partial charge in [0.2, 0.25) is 5.91 Å². The Morgan fingerprint density at radius 1 is 1.19 bits per heavy atom. The monoisotopic (exact) mass is 494 g/mol. The molecular formula is C27H26N8O2. The number of fused-ring (bicyclic) bond motifs is 3. The van der Waals surface area contributed by atoms with Gasteiger partial charge in [-0.25, -0.2) is 15.0 Å². The summed E-state index contributed by atoms with van der Waals surface area (Å²) >= 11 is 0. The van der Waals surface area contributed by atoms with E-state index in [4.69, 9.17) is 10.7 Å². The highest BCUT2D eigenvalue weighted by Crippen LogP contribution is 2.41. The molecule has 6 rings (SSSR count). The first-order valence-corrected chi connectivity index (χ1v) is 12.1. The zero-order chi connectivity index (χ0) is 25.7. The van der Waals surface area contributed by atoms with Crippen LogP contribution >= 0.6 is 0 Å². The van der Waals surface area contributed by atoms with E-state index >= 15 is 0 Å². The largest absolute Gasteiger partial charge is 0.382 e. The van der Waals surface area contributed by atoms with Gasteiger partial charge < -0.3 is 21.3 Å². The molecular weight excluding hydrogens is 468 g/mol. The number of carbonyl (C=O) groups excluding carboxylic acids is 2. The van der Waals surface area contributed by atoms with Crippen LogP contribution in [-0.2, 0) is 4.79 Å². The van der Waals surface area contributed by atoms with Crippen LogP contribution in [-0.4, -0.2) is 54.7 Å². The van der Waals surface area contributed by atoms with Crippen molar-refractivity contribution < 1.29 is 9.59 Å². The Bertz CT molecular complexity index is 1540. The van der Waals surface area contributed by atoms with E-state index in [-0.39, 0.29) is 29.9 Å². The van der Waals surface area contributed by atoms with Crippen molar-refractivity contribution in [3.8, 4) is 11.3 Å². The van der Waals surface area contributed by atoms with Gasteiger partial charge in [-0.1, -0.05) is 18.7 Å². The SMILES string of the molecule is C=CC(=O)N1C2CN[C@@H](C2)C1c1nc(-c2ccc(C(=O)Nc3cc(C)ccn3)cc2)c2c(N)nccn12. The number of carbonyl (C=O) groups is 2. The lowest BCUT2D eigenvalue weighted by molar-refractivity contribution is -0.130. The summed E-state index contributed by atoms with van der Waals surface area (Å²) in [6.45, 7) is 6.39. The zero-order valence-corrected chi connectivity index (χ0v) is 20.3. The number of aromatic nitrogens is 4. The quantitative estimate of drug-likeness (QED) is 0.364. The molecule has 2 amide bonds. The smallest absolute Gasteiger partial charge is 0.256 e. The summed E-state index contributed by atoms with van der Waals surface area (Å²) < 4.78 is 1.91. The number of nitrogens with one attached hydrogen (secondary N) is 2. The number of nitrogen functional groups attached to an aromatic ring is 1. The third-order valence-electron chi connectivity index (χ3n) is 7.10. The van der Waals surface area contributed by atoms with Crippen LogP contribution in [0, 0.1) is 6.92 Å². The van der Waals surface area contributed by atoms with Gasteiger partial charge >= 0.3 is 0 Å². The van der Waals surface area contributed by atoms with Crippen molar-refractivity contribution in [1.29, 1.82) is 0 Å². The number of likely N-dealkylation sites (tertiary alicyclic amines) is 1. The summed E-state index contributed by atoms with van der Waals surface area (Å²) in [6.07, 6.45) is 7.31. The first-order valence-electron chi connectivity index (χ1n) is 12.1. The van der Waals surface area contributed by atoms with Gasteiger partial charge in [0, 0.05) is 48.3 Å². The maximum absolute atomic E-state index is 12.8. The number of amides is 2. The van der Waals surface area contributed by atoms with Crippen LogP contribution in [0.2, 0.25) is 0 Å². The van der Waals surface area contributed by atoms with Crippen molar-refractivity contribution in [3.63, 3.8) is 0 Å². The van der Waals surface area contributed by atoms with E-state index in [0.717, 1.165) is 24.1 Å². The van der Waals surface area contributed by atoms with E-state index in [1.165, 1.54) is 6.08 Å². The molecule has 4 aromatic rings. The fourth-order valence-electron chi connectivity index (χ4n) is 5.42. The fraction of sp³-hybridized carbons (Fsp3) is 0.222. The number of benzene rings is 1. The lowest BCUT2D eigenvalue weighted by atomic mass is 10.1. The zero-order valence-electron chi connectivity index (χ0n) is 20.3. The Morgan fingerprint density at radius 3 is 2.76 bits per heavy atom. The molecule has 3 atom stereocenters. The summed E-state index contributed by atoms with van der Waals surface area (Å²) in [4.78, 5) is 40.9. The van der Waals surface area contributed by atoms with E-state index in [1.54, 1.807) is 24.5 Å². The first-order chi connectivity index (χ1) is 17.9. The average molecular weight is 495 g/mol. The second kappa shape index (κ2) is 8.82. The molecule has 3 aromatic heterocycles. The van der Waals surface area contributed by atoms with E-state index in [2.05, 4.69) is 27.2 Å². The lowest BCUT2D eigenvalue weighted by Gasteiger charge is -2.34. The fourth-order valence-corrected chi connectivity index (χ4v) is 5.42. The number of nitrogens with zero attached hydrogens (tertiary/aromatic N) is 5. The number of anilines is 2. The molecule has 0 saturated carbocycles. The van der Waals surface area contributed by atoms with Gasteiger partial charge in [-0.3, -0.25) is 14.0 Å². The Labute approximate surface area is 213 Å². The van der Waals surface area contributed by atoms with E-state index in [1.807, 2.05) is 46.7 Å². The topological polar surface area (TPSA) is 131 Å². The molecule has 2 aliphatic heterocycles. The predicted molar refractivity (Wildman–Crippen MR) is 140 cm³/mol. The van der Waals surface area contributed by atoms with Crippen LogP contribution in [0.5, 0.6) is 0 Å². The number of pyridine rings is 1. The second-order valence-electron chi connectivity index (χ2n) is 9.40. The van der Waals surface area contributed by atoms with Crippen LogP contribution in [0.3, 0.4) is 0 Å². The highest BCUT2D eigenvalue weighted by Gasteiger charge is 2.50. The van der Waals surface area contributed by atoms with E-state index in [0.29, 0.717) is 34.2 Å². The number of aryl methyl sites for hydroxylation is 1. The van der Waals surface area contributed by atoms with Crippen LogP contribution in [0.25, 0.3) is 16.8 Å². The Morgan fingerprint density at radius 2 is 2.00 bits per heavy atom. The molecule has 0 spiro atoms. The van der Waals surface area contributed by atoms with Crippen molar-refractivity contribution in [2.24, 2.45) is 0 Å². The molecule has 5 heterocycles. The molecule has 2 unspecified atom stereocenters. The van der Waals surface area contributed by atoms with Crippen molar-refractivity contribution in [2.75, 3.05) is 17.6 Å². The van der Waals surface area contributed by atoms with E-state index < -0.39 is 0 Å². The van der Waals surface area contributed by atoms with E-state index in [9.17, 15) is 9.59 Å². The normalized spacial score (nSPS) is 20.4. The maximum Gasteiger partial charge on any atom is 0.256 e. The number of nitrogens with two attached hydrogens (primary N) is 1. The first kappa shape index (κ1) is 22.9. The standard InChI is InChI=1S/C27H26N8O2/c1-3-21(36)35-18-13-19(31-14-18)23(35)26-33-22(24-25(28)30-10-11-34(24)26)16-4-6-17(7-5-16)27(37)32-20-12-15(2)8-9-29-20/h3-12,18-19,23,31H,1,13-14H2,2H3,(H2,28,30)(H,29,32,37)/t18?,19-,23?/m0/s1. The molecule has 10 nitrogen and oxygen atoms in total. The minimum Gasteiger partial charge on any atom is -0.382 e. The van der Waals surface area contributed by atoms with Gasteiger partial charge in [-0.15, -0.1) is 0 Å². The number of piperazine rings is 1. The summed E-state index contributed by atoms with van der Waals surface area (Å²) in [5, 5.41) is 6.33. The van der Waals surface area contributed by atoms with Gasteiger partial charge in [0.05, 0.1) is 0 Å². The molecule has 2 bridgehead atoms. The highest BCUT2D eigenvalue weighted by molar-refractivity contribution is 6.04. The number of imidazole rings is 1. The van der Waals surface area contributed by atoms with Gasteiger partial charge in [0.25, 0.3) is 5.91 Å². The average Bonchev–Trinajstić information content (AvgIpc) is 3.62. The molecule has 1 aromatic carbocycles. The van der Waals surface area contributed by atoms with Gasteiger partial charge in [-0.2, -0.15) is 0 Å². The summed E-state index contributed by atoms with van der Waals surface area (Å²) in [5.41, 5.74) is 9.90. The Balaban J connectivity index is 1.37. The minimum absolute atomic E-state index is 0.0862. The molecule has 37 heavy (non-hydrogen) atoms. The molecule has 0 aliphatic carbocycles. The summed E-state index contributed by atoms with van der Waals surface area (Å²) in [5.74, 6) is 1.17. The summed E-state index contributed by atoms with van der Waals surface area (Å²) in [7, 11) is 0. The number of rotatable bonds is 5. The van der Waals surface area contributed by atoms with Crippen molar-refractivity contribution in [3.05, 3.63) is 84.6 Å². The molecule has 2 fully saturated rings. The van der Waals surface area contributed by atoms with Gasteiger partial charge in [-0.05, 0) is 49.2 Å². The molecule has 186 valence electrons.